The summed E-state index contributed by atoms with van der Waals surface area (Å²) < 4.78 is 0. The van der Waals surface area contributed by atoms with Gasteiger partial charge >= 0.3 is 0 Å². The van der Waals surface area contributed by atoms with E-state index in [-0.39, 0.29) is 5.91 Å². The lowest BCUT2D eigenvalue weighted by atomic mass is 9.70. The summed E-state index contributed by atoms with van der Waals surface area (Å²) in [5.74, 6) is 0.0209. The van der Waals surface area contributed by atoms with Gasteiger partial charge in [-0.1, -0.05) is 18.2 Å². The first-order chi connectivity index (χ1) is 10.2. The second-order valence-corrected chi connectivity index (χ2v) is 6.49. The smallest absolute Gasteiger partial charge is 0.267 e. The SMILES string of the molecule is O=C(NC1CCNC2(CCC2)C1)c1cc2ccccc2[nH]1. The van der Waals surface area contributed by atoms with Crippen molar-refractivity contribution in [2.24, 2.45) is 0 Å². The number of para-hydroxylation sites is 1. The van der Waals surface area contributed by atoms with Crippen LogP contribution in [0.25, 0.3) is 10.9 Å². The van der Waals surface area contributed by atoms with Crippen molar-refractivity contribution < 1.29 is 4.79 Å². The van der Waals surface area contributed by atoms with Crippen molar-refractivity contribution in [1.82, 2.24) is 15.6 Å². The number of piperidine rings is 1. The minimum Gasteiger partial charge on any atom is -0.351 e. The lowest BCUT2D eigenvalue weighted by Crippen LogP contribution is -2.59. The minimum atomic E-state index is 0.0209. The molecule has 1 atom stereocenters. The van der Waals surface area contributed by atoms with E-state index in [0.717, 1.165) is 30.3 Å². The third kappa shape index (κ3) is 2.33. The summed E-state index contributed by atoms with van der Waals surface area (Å²) in [5.41, 5.74) is 2.00. The van der Waals surface area contributed by atoms with E-state index >= 15 is 0 Å². The second-order valence-electron chi connectivity index (χ2n) is 6.49. The Labute approximate surface area is 124 Å². The van der Waals surface area contributed by atoms with Gasteiger partial charge in [-0.15, -0.1) is 0 Å². The quantitative estimate of drug-likeness (QED) is 0.793. The van der Waals surface area contributed by atoms with Gasteiger partial charge in [0, 0.05) is 22.5 Å². The Balaban J connectivity index is 1.47. The Morgan fingerprint density at radius 1 is 1.29 bits per heavy atom. The first-order valence-electron chi connectivity index (χ1n) is 7.88. The van der Waals surface area contributed by atoms with Crippen LogP contribution in [0.1, 0.15) is 42.6 Å². The van der Waals surface area contributed by atoms with Gasteiger partial charge in [-0.3, -0.25) is 4.79 Å². The molecule has 110 valence electrons. The molecule has 1 aromatic heterocycles. The highest BCUT2D eigenvalue weighted by molar-refractivity contribution is 5.98. The highest BCUT2D eigenvalue weighted by Gasteiger charge is 2.41. The van der Waals surface area contributed by atoms with Gasteiger partial charge in [-0.25, -0.2) is 0 Å². The van der Waals surface area contributed by atoms with E-state index in [4.69, 9.17) is 0 Å². The Hall–Kier alpha value is -1.81. The molecular formula is C17H21N3O. The number of benzene rings is 1. The number of fused-ring (bicyclic) bond motifs is 1. The van der Waals surface area contributed by atoms with Crippen molar-refractivity contribution in [3.8, 4) is 0 Å². The highest BCUT2D eigenvalue weighted by atomic mass is 16.1. The monoisotopic (exact) mass is 283 g/mol. The van der Waals surface area contributed by atoms with Crippen molar-refractivity contribution >= 4 is 16.8 Å². The maximum Gasteiger partial charge on any atom is 0.267 e. The number of hydrogen-bond acceptors (Lipinski definition) is 2. The Bertz CT molecular complexity index is 638. The van der Waals surface area contributed by atoms with E-state index in [2.05, 4.69) is 15.6 Å². The van der Waals surface area contributed by atoms with Crippen molar-refractivity contribution in [2.75, 3.05) is 6.54 Å². The van der Waals surface area contributed by atoms with E-state index in [0.29, 0.717) is 17.3 Å². The number of carbonyl (C=O) groups excluding carboxylic acids is 1. The van der Waals surface area contributed by atoms with Crippen LogP contribution in [0, 0.1) is 0 Å². The zero-order valence-electron chi connectivity index (χ0n) is 12.1. The second kappa shape index (κ2) is 4.88. The molecule has 2 heterocycles. The summed E-state index contributed by atoms with van der Waals surface area (Å²) in [6.45, 7) is 1.01. The fourth-order valence-corrected chi connectivity index (χ4v) is 3.72. The molecule has 3 N–H and O–H groups in total. The third-order valence-electron chi connectivity index (χ3n) is 5.05. The van der Waals surface area contributed by atoms with Crippen LogP contribution in [0.15, 0.2) is 30.3 Å². The number of amides is 1. The predicted molar refractivity (Wildman–Crippen MR) is 83.4 cm³/mol. The van der Waals surface area contributed by atoms with E-state index in [1.807, 2.05) is 30.3 Å². The predicted octanol–water partition coefficient (Wildman–Crippen LogP) is 2.57. The van der Waals surface area contributed by atoms with Gasteiger partial charge in [-0.05, 0) is 50.8 Å². The molecule has 2 aliphatic rings. The van der Waals surface area contributed by atoms with Gasteiger partial charge in [-0.2, -0.15) is 0 Å². The number of aromatic amines is 1. The van der Waals surface area contributed by atoms with Crippen molar-refractivity contribution in [3.63, 3.8) is 0 Å². The normalized spacial score (nSPS) is 23.9. The van der Waals surface area contributed by atoms with Gasteiger partial charge in [0.1, 0.15) is 5.69 Å². The molecule has 2 fully saturated rings. The van der Waals surface area contributed by atoms with Gasteiger partial charge in [0.25, 0.3) is 5.91 Å². The molecule has 2 aromatic rings. The average Bonchev–Trinajstić information content (AvgIpc) is 2.90. The van der Waals surface area contributed by atoms with Crippen LogP contribution in [0.3, 0.4) is 0 Å². The number of rotatable bonds is 2. The van der Waals surface area contributed by atoms with Crippen molar-refractivity contribution in [2.45, 2.75) is 43.7 Å². The van der Waals surface area contributed by atoms with Gasteiger partial charge in [0.05, 0.1) is 0 Å². The molecular weight excluding hydrogens is 262 g/mol. The summed E-state index contributed by atoms with van der Waals surface area (Å²) in [6, 6.07) is 10.2. The molecule has 0 radical (unpaired) electrons. The Morgan fingerprint density at radius 3 is 2.90 bits per heavy atom. The molecule has 1 amide bonds. The molecule has 4 nitrogen and oxygen atoms in total. The molecule has 1 unspecified atom stereocenters. The Morgan fingerprint density at radius 2 is 2.14 bits per heavy atom. The molecule has 1 aliphatic heterocycles. The molecule has 4 rings (SSSR count). The van der Waals surface area contributed by atoms with E-state index < -0.39 is 0 Å². The van der Waals surface area contributed by atoms with E-state index in [1.165, 1.54) is 19.3 Å². The number of H-pyrrole nitrogens is 1. The van der Waals surface area contributed by atoms with Crippen molar-refractivity contribution in [1.29, 1.82) is 0 Å². The lowest BCUT2D eigenvalue weighted by molar-refractivity contribution is 0.0849. The average molecular weight is 283 g/mol. The molecule has 1 saturated carbocycles. The largest absolute Gasteiger partial charge is 0.351 e. The zero-order chi connectivity index (χ0) is 14.3. The Kier molecular flexibility index (Phi) is 3.00. The van der Waals surface area contributed by atoms with Crippen LogP contribution in [-0.4, -0.2) is 29.0 Å². The van der Waals surface area contributed by atoms with Crippen LogP contribution in [-0.2, 0) is 0 Å². The summed E-state index contributed by atoms with van der Waals surface area (Å²) in [4.78, 5) is 15.6. The maximum atomic E-state index is 12.4. The minimum absolute atomic E-state index is 0.0209. The molecule has 1 saturated heterocycles. The van der Waals surface area contributed by atoms with E-state index in [9.17, 15) is 4.79 Å². The highest BCUT2D eigenvalue weighted by Crippen LogP contribution is 2.38. The summed E-state index contributed by atoms with van der Waals surface area (Å²) in [7, 11) is 0. The number of nitrogens with one attached hydrogen (secondary N) is 3. The lowest BCUT2D eigenvalue weighted by Gasteiger charge is -2.48. The van der Waals surface area contributed by atoms with Gasteiger partial charge < -0.3 is 15.6 Å². The first kappa shape index (κ1) is 12.9. The van der Waals surface area contributed by atoms with Crippen molar-refractivity contribution in [3.05, 3.63) is 36.0 Å². The van der Waals surface area contributed by atoms with Crippen LogP contribution in [0.5, 0.6) is 0 Å². The number of carbonyl (C=O) groups is 1. The molecule has 1 spiro atoms. The third-order valence-corrected chi connectivity index (χ3v) is 5.05. The maximum absolute atomic E-state index is 12.4. The fourth-order valence-electron chi connectivity index (χ4n) is 3.72. The molecule has 1 aromatic carbocycles. The molecule has 0 bridgehead atoms. The van der Waals surface area contributed by atoms with Crippen LogP contribution < -0.4 is 10.6 Å². The molecule has 21 heavy (non-hydrogen) atoms. The summed E-state index contributed by atoms with van der Waals surface area (Å²) in [5, 5.41) is 7.93. The topological polar surface area (TPSA) is 56.9 Å². The molecule has 4 heteroatoms. The van der Waals surface area contributed by atoms with Crippen LogP contribution in [0.4, 0.5) is 0 Å². The van der Waals surface area contributed by atoms with Crippen LogP contribution >= 0.6 is 0 Å². The van der Waals surface area contributed by atoms with E-state index in [1.54, 1.807) is 0 Å². The zero-order valence-corrected chi connectivity index (χ0v) is 12.1. The van der Waals surface area contributed by atoms with Gasteiger partial charge in [0.15, 0.2) is 0 Å². The molecule has 1 aliphatic carbocycles. The standard InChI is InChI=1S/C17H21N3O/c21-16(15-10-12-4-1-2-5-14(12)20-15)19-13-6-9-18-17(11-13)7-3-8-17/h1-2,4-5,10,13,18,20H,3,6-9,11H2,(H,19,21). The summed E-state index contributed by atoms with van der Waals surface area (Å²) >= 11 is 0. The van der Waals surface area contributed by atoms with Gasteiger partial charge in [0.2, 0.25) is 0 Å². The first-order valence-corrected chi connectivity index (χ1v) is 7.88. The van der Waals surface area contributed by atoms with Crippen LogP contribution in [0.2, 0.25) is 0 Å². The number of hydrogen-bond donors (Lipinski definition) is 3. The summed E-state index contributed by atoms with van der Waals surface area (Å²) in [6.07, 6.45) is 5.92. The number of aromatic nitrogens is 1. The fraction of sp³-hybridized carbons (Fsp3) is 0.471.